The average molecular weight is 242 g/mol. The Kier molecular flexibility index (Phi) is 3.00. The molecule has 0 saturated heterocycles. The first kappa shape index (κ1) is 10.6. The molecule has 0 aliphatic carbocycles. The number of hydrogen-bond acceptors (Lipinski definition) is 4. The normalized spacial score (nSPS) is 11.3. The SMILES string of the molecule is COc1nc(Cl)ccc1S(=O)(=O)Cl. The van der Waals surface area contributed by atoms with Crippen molar-refractivity contribution in [3.8, 4) is 5.88 Å². The molecule has 0 fully saturated rings. The largest absolute Gasteiger partial charge is 0.480 e. The van der Waals surface area contributed by atoms with Crippen LogP contribution in [0.5, 0.6) is 5.88 Å². The monoisotopic (exact) mass is 241 g/mol. The summed E-state index contributed by atoms with van der Waals surface area (Å²) in [5, 5.41) is 0.140. The Hall–Kier alpha value is -0.520. The molecule has 0 aliphatic heterocycles. The second-order valence-corrected chi connectivity index (χ2v) is 5.00. The Morgan fingerprint density at radius 3 is 2.54 bits per heavy atom. The lowest BCUT2D eigenvalue weighted by atomic mass is 10.5. The summed E-state index contributed by atoms with van der Waals surface area (Å²) in [7, 11) is 2.55. The lowest BCUT2D eigenvalue weighted by Crippen LogP contribution is -1.98. The van der Waals surface area contributed by atoms with Gasteiger partial charge in [0.05, 0.1) is 7.11 Å². The zero-order valence-electron chi connectivity index (χ0n) is 6.49. The molecule has 1 rings (SSSR count). The van der Waals surface area contributed by atoms with E-state index in [0.29, 0.717) is 0 Å². The highest BCUT2D eigenvalue weighted by Crippen LogP contribution is 2.25. The first-order valence-corrected chi connectivity index (χ1v) is 5.79. The standard InChI is InChI=1S/C6H5Cl2NO3S/c1-12-6-4(13(8,10)11)2-3-5(7)9-6/h2-3H,1H3. The van der Waals surface area contributed by atoms with E-state index in [1.165, 1.54) is 19.2 Å². The molecule has 0 N–H and O–H groups in total. The Morgan fingerprint density at radius 2 is 2.08 bits per heavy atom. The molecule has 1 aromatic heterocycles. The topological polar surface area (TPSA) is 56.3 Å². The minimum Gasteiger partial charge on any atom is -0.480 e. The number of aromatic nitrogens is 1. The first-order valence-electron chi connectivity index (χ1n) is 3.10. The number of methoxy groups -OCH3 is 1. The fourth-order valence-corrected chi connectivity index (χ4v) is 1.80. The Bertz CT molecular complexity index is 418. The van der Waals surface area contributed by atoms with Crippen molar-refractivity contribution in [3.63, 3.8) is 0 Å². The first-order chi connectivity index (χ1) is 5.95. The highest BCUT2D eigenvalue weighted by atomic mass is 35.7. The number of pyridine rings is 1. The minimum absolute atomic E-state index is 0.109. The molecule has 0 unspecified atom stereocenters. The maximum Gasteiger partial charge on any atom is 0.266 e. The molecule has 0 bridgehead atoms. The van der Waals surface area contributed by atoms with E-state index < -0.39 is 9.05 Å². The predicted molar refractivity (Wildman–Crippen MR) is 48.8 cm³/mol. The summed E-state index contributed by atoms with van der Waals surface area (Å²) in [5.41, 5.74) is 0. The number of hydrogen-bond donors (Lipinski definition) is 0. The molecule has 0 aromatic carbocycles. The van der Waals surface area contributed by atoms with E-state index in [1.807, 2.05) is 0 Å². The number of rotatable bonds is 2. The van der Waals surface area contributed by atoms with Gasteiger partial charge in [0.1, 0.15) is 10.0 Å². The van der Waals surface area contributed by atoms with Crippen molar-refractivity contribution in [1.82, 2.24) is 4.98 Å². The molecule has 4 nitrogen and oxygen atoms in total. The molecule has 0 saturated carbocycles. The molecule has 1 aromatic rings. The van der Waals surface area contributed by atoms with Crippen molar-refractivity contribution in [2.45, 2.75) is 4.90 Å². The Morgan fingerprint density at radius 1 is 1.46 bits per heavy atom. The Balaban J connectivity index is 3.39. The molecule has 0 radical (unpaired) electrons. The summed E-state index contributed by atoms with van der Waals surface area (Å²) >= 11 is 5.52. The summed E-state index contributed by atoms with van der Waals surface area (Å²) < 4.78 is 26.5. The van der Waals surface area contributed by atoms with Gasteiger partial charge in [0.25, 0.3) is 9.05 Å². The van der Waals surface area contributed by atoms with Crippen molar-refractivity contribution < 1.29 is 13.2 Å². The van der Waals surface area contributed by atoms with Crippen molar-refractivity contribution in [1.29, 1.82) is 0 Å². The third-order valence-electron chi connectivity index (χ3n) is 1.25. The quantitative estimate of drug-likeness (QED) is 0.584. The predicted octanol–water partition coefficient (Wildman–Crippen LogP) is 1.67. The van der Waals surface area contributed by atoms with Crippen LogP contribution in [0.1, 0.15) is 0 Å². The van der Waals surface area contributed by atoms with Gasteiger partial charge < -0.3 is 4.74 Å². The summed E-state index contributed by atoms with van der Waals surface area (Å²) in [5.74, 6) is -0.109. The van der Waals surface area contributed by atoms with Crippen LogP contribution in [0.3, 0.4) is 0 Å². The van der Waals surface area contributed by atoms with Gasteiger partial charge in [-0.15, -0.1) is 0 Å². The number of halogens is 2. The summed E-state index contributed by atoms with van der Waals surface area (Å²) in [6.07, 6.45) is 0. The highest BCUT2D eigenvalue weighted by molar-refractivity contribution is 8.13. The van der Waals surface area contributed by atoms with Crippen LogP contribution in [0.2, 0.25) is 5.15 Å². The Labute approximate surface area is 84.9 Å². The molecule has 7 heteroatoms. The van der Waals surface area contributed by atoms with Crippen molar-refractivity contribution >= 4 is 31.3 Å². The van der Waals surface area contributed by atoms with E-state index in [4.69, 9.17) is 27.0 Å². The van der Waals surface area contributed by atoms with Gasteiger partial charge in [0.2, 0.25) is 5.88 Å². The van der Waals surface area contributed by atoms with Gasteiger partial charge >= 0.3 is 0 Å². The third-order valence-corrected chi connectivity index (χ3v) is 2.79. The third kappa shape index (κ3) is 2.46. The van der Waals surface area contributed by atoms with Gasteiger partial charge in [-0.1, -0.05) is 11.6 Å². The van der Waals surface area contributed by atoms with Crippen LogP contribution in [0.4, 0.5) is 0 Å². The molecule has 0 atom stereocenters. The van der Waals surface area contributed by atoms with Gasteiger partial charge in [0.15, 0.2) is 0 Å². The molecule has 13 heavy (non-hydrogen) atoms. The van der Waals surface area contributed by atoms with Crippen LogP contribution < -0.4 is 4.74 Å². The van der Waals surface area contributed by atoms with Crippen LogP contribution in [-0.4, -0.2) is 20.5 Å². The van der Waals surface area contributed by atoms with Gasteiger partial charge in [-0.25, -0.2) is 13.4 Å². The molecule has 0 spiro atoms. The van der Waals surface area contributed by atoms with Crippen LogP contribution in [-0.2, 0) is 9.05 Å². The van der Waals surface area contributed by atoms with Gasteiger partial charge in [0, 0.05) is 10.7 Å². The molecular weight excluding hydrogens is 237 g/mol. The number of ether oxygens (including phenoxy) is 1. The van der Waals surface area contributed by atoms with Gasteiger partial charge in [-0.2, -0.15) is 0 Å². The average Bonchev–Trinajstić information content (AvgIpc) is 2.01. The van der Waals surface area contributed by atoms with E-state index in [1.54, 1.807) is 0 Å². The second-order valence-electron chi connectivity index (χ2n) is 2.08. The van der Waals surface area contributed by atoms with E-state index in [-0.39, 0.29) is 15.9 Å². The molecule has 1 heterocycles. The molecule has 0 aliphatic rings. The number of nitrogens with zero attached hydrogens (tertiary/aromatic N) is 1. The molecule has 0 amide bonds. The van der Waals surface area contributed by atoms with Crippen molar-refractivity contribution in [2.75, 3.05) is 7.11 Å². The summed E-state index contributed by atoms with van der Waals surface area (Å²) in [6.45, 7) is 0. The minimum atomic E-state index is -3.84. The molecule has 72 valence electrons. The van der Waals surface area contributed by atoms with Gasteiger partial charge in [-0.05, 0) is 12.1 Å². The highest BCUT2D eigenvalue weighted by Gasteiger charge is 2.17. The van der Waals surface area contributed by atoms with E-state index in [2.05, 4.69) is 4.98 Å². The zero-order chi connectivity index (χ0) is 10.1. The second kappa shape index (κ2) is 3.69. The zero-order valence-corrected chi connectivity index (χ0v) is 8.82. The molecular formula is C6H5Cl2NO3S. The summed E-state index contributed by atoms with van der Waals surface area (Å²) in [4.78, 5) is 3.44. The van der Waals surface area contributed by atoms with Gasteiger partial charge in [-0.3, -0.25) is 0 Å². The van der Waals surface area contributed by atoms with Crippen molar-refractivity contribution in [3.05, 3.63) is 17.3 Å². The lowest BCUT2D eigenvalue weighted by molar-refractivity contribution is 0.385. The maximum atomic E-state index is 10.9. The lowest BCUT2D eigenvalue weighted by Gasteiger charge is -2.03. The summed E-state index contributed by atoms with van der Waals surface area (Å²) in [6, 6.07) is 2.55. The van der Waals surface area contributed by atoms with Crippen LogP contribution >= 0.6 is 22.3 Å². The fraction of sp³-hybridized carbons (Fsp3) is 0.167. The van der Waals surface area contributed by atoms with Crippen molar-refractivity contribution in [2.24, 2.45) is 0 Å². The van der Waals surface area contributed by atoms with E-state index in [9.17, 15) is 8.42 Å². The smallest absolute Gasteiger partial charge is 0.266 e. The van der Waals surface area contributed by atoms with Crippen LogP contribution in [0, 0.1) is 0 Å². The van der Waals surface area contributed by atoms with Crippen LogP contribution in [0.25, 0.3) is 0 Å². The van der Waals surface area contributed by atoms with E-state index >= 15 is 0 Å². The maximum absolute atomic E-state index is 10.9. The van der Waals surface area contributed by atoms with E-state index in [0.717, 1.165) is 0 Å². The van der Waals surface area contributed by atoms with Crippen LogP contribution in [0.15, 0.2) is 17.0 Å². The fourth-order valence-electron chi connectivity index (χ4n) is 0.737.